The van der Waals surface area contributed by atoms with Crippen molar-refractivity contribution in [3.8, 4) is 12.3 Å². The fraction of sp³-hybridized carbons (Fsp3) is 0.571. The van der Waals surface area contributed by atoms with Gasteiger partial charge in [0.2, 0.25) is 0 Å². The first-order valence-corrected chi connectivity index (χ1v) is 6.80. The van der Waals surface area contributed by atoms with E-state index in [0.29, 0.717) is 32.1 Å². The summed E-state index contributed by atoms with van der Waals surface area (Å²) < 4.78 is 12.7. The molecule has 2 aliphatic heterocycles. The van der Waals surface area contributed by atoms with Gasteiger partial charge in [-0.15, -0.1) is 6.42 Å². The van der Waals surface area contributed by atoms with Crippen molar-refractivity contribution < 1.29 is 14.3 Å². The molecule has 2 aliphatic rings. The van der Waals surface area contributed by atoms with Crippen molar-refractivity contribution in [2.45, 2.75) is 38.1 Å². The minimum absolute atomic E-state index is 0.0870. The minimum Gasteiger partial charge on any atom is -0.375 e. The highest BCUT2D eigenvalue weighted by Gasteiger charge is 2.27. The van der Waals surface area contributed by atoms with Crippen LogP contribution < -0.4 is 5.32 Å². The van der Waals surface area contributed by atoms with Crippen LogP contribution in [0.25, 0.3) is 0 Å². The van der Waals surface area contributed by atoms with E-state index in [1.807, 2.05) is 4.57 Å². The Hall–Kier alpha value is -1.84. The fourth-order valence-electron chi connectivity index (χ4n) is 2.60. The van der Waals surface area contributed by atoms with Crippen molar-refractivity contribution in [3.05, 3.63) is 17.7 Å². The lowest BCUT2D eigenvalue weighted by molar-refractivity contribution is 0.0723. The topological polar surface area (TPSA) is 65.4 Å². The molecule has 3 heterocycles. The van der Waals surface area contributed by atoms with Gasteiger partial charge < -0.3 is 19.4 Å². The minimum atomic E-state index is -0.393. The molecule has 1 aromatic rings. The maximum Gasteiger partial charge on any atom is 0.270 e. The van der Waals surface area contributed by atoms with Crippen LogP contribution in [-0.2, 0) is 22.6 Å². The predicted molar refractivity (Wildman–Crippen MR) is 70.9 cm³/mol. The van der Waals surface area contributed by atoms with Crippen LogP contribution in [0.4, 0.5) is 0 Å². The number of imidazole rings is 1. The maximum absolute atomic E-state index is 12.3. The molecule has 1 N–H and O–H groups in total. The van der Waals surface area contributed by atoms with E-state index >= 15 is 0 Å². The zero-order chi connectivity index (χ0) is 13.9. The first-order chi connectivity index (χ1) is 9.79. The van der Waals surface area contributed by atoms with Crippen molar-refractivity contribution in [2.24, 2.45) is 0 Å². The average Bonchev–Trinajstić information content (AvgIpc) is 3.13. The summed E-state index contributed by atoms with van der Waals surface area (Å²) in [5.74, 6) is 3.17. The highest BCUT2D eigenvalue weighted by atomic mass is 16.5. The molecule has 0 aromatic carbocycles. The van der Waals surface area contributed by atoms with E-state index in [4.69, 9.17) is 15.9 Å². The fourth-order valence-corrected chi connectivity index (χ4v) is 2.60. The van der Waals surface area contributed by atoms with Crippen molar-refractivity contribution in [1.82, 2.24) is 14.9 Å². The molecule has 0 radical (unpaired) electrons. The second-order valence-corrected chi connectivity index (χ2v) is 4.93. The molecular weight excluding hydrogens is 258 g/mol. The molecular formula is C14H17N3O3. The second kappa shape index (κ2) is 5.65. The number of hydrogen-bond donors (Lipinski definition) is 1. The molecule has 20 heavy (non-hydrogen) atoms. The van der Waals surface area contributed by atoms with E-state index in [1.165, 1.54) is 0 Å². The van der Waals surface area contributed by atoms with Crippen LogP contribution in [-0.4, -0.2) is 40.8 Å². The Kier molecular flexibility index (Phi) is 3.72. The number of carbonyl (C=O) groups excluding carboxylic acids is 1. The number of amides is 1. The van der Waals surface area contributed by atoms with Gasteiger partial charge in [-0.25, -0.2) is 4.98 Å². The van der Waals surface area contributed by atoms with Gasteiger partial charge in [0.05, 0.1) is 18.9 Å². The number of carbonyl (C=O) groups is 1. The number of aromatic nitrogens is 2. The molecule has 2 atom stereocenters. The summed E-state index contributed by atoms with van der Waals surface area (Å²) in [6, 6.07) is -0.393. The second-order valence-electron chi connectivity index (χ2n) is 4.93. The third kappa shape index (κ3) is 2.42. The van der Waals surface area contributed by atoms with Gasteiger partial charge >= 0.3 is 0 Å². The van der Waals surface area contributed by atoms with Crippen LogP contribution in [0.2, 0.25) is 0 Å². The first kappa shape index (κ1) is 13.2. The average molecular weight is 275 g/mol. The molecule has 6 nitrogen and oxygen atoms in total. The SMILES string of the molecule is C#C[C@H](NC(=O)c1cnc2n1CCOC2)[C@H]1CCCO1. The molecule has 1 aromatic heterocycles. The molecule has 1 fully saturated rings. The molecule has 6 heteroatoms. The van der Waals surface area contributed by atoms with Gasteiger partial charge in [-0.2, -0.15) is 0 Å². The van der Waals surface area contributed by atoms with Gasteiger partial charge in [-0.05, 0) is 12.8 Å². The number of rotatable bonds is 3. The third-order valence-corrected chi connectivity index (χ3v) is 3.66. The lowest BCUT2D eigenvalue weighted by atomic mass is 10.1. The summed E-state index contributed by atoms with van der Waals surface area (Å²) in [7, 11) is 0. The lowest BCUT2D eigenvalue weighted by Gasteiger charge is -2.20. The van der Waals surface area contributed by atoms with E-state index in [-0.39, 0.29) is 12.0 Å². The maximum atomic E-state index is 12.3. The largest absolute Gasteiger partial charge is 0.375 e. The summed E-state index contributed by atoms with van der Waals surface area (Å²) in [6.07, 6.45) is 8.86. The summed E-state index contributed by atoms with van der Waals surface area (Å²) in [5, 5.41) is 2.86. The molecule has 0 bridgehead atoms. The summed E-state index contributed by atoms with van der Waals surface area (Å²) in [5.41, 5.74) is 0.529. The molecule has 3 rings (SSSR count). The highest BCUT2D eigenvalue weighted by Crippen LogP contribution is 2.16. The van der Waals surface area contributed by atoms with Crippen molar-refractivity contribution in [2.75, 3.05) is 13.2 Å². The molecule has 0 aliphatic carbocycles. The highest BCUT2D eigenvalue weighted by molar-refractivity contribution is 5.93. The number of nitrogens with one attached hydrogen (secondary N) is 1. The number of fused-ring (bicyclic) bond motifs is 1. The van der Waals surface area contributed by atoms with Crippen LogP contribution in [0.1, 0.15) is 29.2 Å². The molecule has 0 spiro atoms. The van der Waals surface area contributed by atoms with Crippen LogP contribution in [0.5, 0.6) is 0 Å². The van der Waals surface area contributed by atoms with Gasteiger partial charge in [-0.3, -0.25) is 4.79 Å². The monoisotopic (exact) mass is 275 g/mol. The molecule has 1 saturated heterocycles. The van der Waals surface area contributed by atoms with E-state index in [1.54, 1.807) is 6.20 Å². The Morgan fingerprint density at radius 2 is 2.50 bits per heavy atom. The summed E-state index contributed by atoms with van der Waals surface area (Å²) >= 11 is 0. The Morgan fingerprint density at radius 1 is 1.60 bits per heavy atom. The zero-order valence-corrected chi connectivity index (χ0v) is 11.2. The third-order valence-electron chi connectivity index (χ3n) is 3.66. The number of ether oxygens (including phenoxy) is 2. The van der Waals surface area contributed by atoms with Crippen LogP contribution >= 0.6 is 0 Å². The predicted octanol–water partition coefficient (Wildman–Crippen LogP) is 0.324. The van der Waals surface area contributed by atoms with Crippen molar-refractivity contribution >= 4 is 5.91 Å². The quantitative estimate of drug-likeness (QED) is 0.807. The summed E-state index contributed by atoms with van der Waals surface area (Å²) in [4.78, 5) is 16.5. The van der Waals surface area contributed by atoms with E-state index in [9.17, 15) is 4.79 Å². The van der Waals surface area contributed by atoms with Crippen LogP contribution in [0.3, 0.4) is 0 Å². The van der Waals surface area contributed by atoms with Crippen molar-refractivity contribution in [1.29, 1.82) is 0 Å². The van der Waals surface area contributed by atoms with E-state index in [2.05, 4.69) is 16.2 Å². The van der Waals surface area contributed by atoms with Crippen LogP contribution in [0.15, 0.2) is 6.20 Å². The number of nitrogens with zero attached hydrogens (tertiary/aromatic N) is 2. The molecule has 0 unspecified atom stereocenters. The Labute approximate surface area is 117 Å². The van der Waals surface area contributed by atoms with Gasteiger partial charge in [0.25, 0.3) is 5.91 Å². The van der Waals surface area contributed by atoms with Crippen LogP contribution in [0, 0.1) is 12.3 Å². The summed E-state index contributed by atoms with van der Waals surface area (Å²) in [6.45, 7) is 2.38. The molecule has 1 amide bonds. The van der Waals surface area contributed by atoms with E-state index < -0.39 is 6.04 Å². The first-order valence-electron chi connectivity index (χ1n) is 6.80. The number of hydrogen-bond acceptors (Lipinski definition) is 4. The Morgan fingerprint density at radius 3 is 3.25 bits per heavy atom. The van der Waals surface area contributed by atoms with Crippen molar-refractivity contribution in [3.63, 3.8) is 0 Å². The standard InChI is InChI=1S/C14H17N3O3/c1-2-10(12-4-3-6-20-12)16-14(18)11-8-15-13-9-19-7-5-17(11)13/h1,8,10,12H,3-7,9H2,(H,16,18)/t10-,12+/m0/s1. The molecule has 106 valence electrons. The molecule has 0 saturated carbocycles. The van der Waals surface area contributed by atoms with Gasteiger partial charge in [0.1, 0.15) is 24.2 Å². The smallest absolute Gasteiger partial charge is 0.270 e. The number of terminal acetylenes is 1. The zero-order valence-electron chi connectivity index (χ0n) is 11.2. The van der Waals surface area contributed by atoms with Gasteiger partial charge in [-0.1, -0.05) is 5.92 Å². The normalized spacial score (nSPS) is 22.9. The van der Waals surface area contributed by atoms with Gasteiger partial charge in [0, 0.05) is 13.2 Å². The lowest BCUT2D eigenvalue weighted by Crippen LogP contribution is -2.43. The van der Waals surface area contributed by atoms with Gasteiger partial charge in [0.15, 0.2) is 0 Å². The van der Waals surface area contributed by atoms with E-state index in [0.717, 1.165) is 18.7 Å². The Balaban J connectivity index is 1.72. The Bertz CT molecular complexity index is 540.